The standard InChI is InChI=1S/C20H23F2N3O3/c1-14(19(27)23-17-4-2-3-5-18(17)28-20(21)22)24-10-12-25(13-11-24)15-6-8-16(26)9-7-15/h2-9,14,20,26H,10-13H2,1H3,(H,23,27)/t14-/m0/s1. The summed E-state index contributed by atoms with van der Waals surface area (Å²) in [5, 5.41) is 12.1. The molecule has 1 aliphatic heterocycles. The Morgan fingerprint density at radius 1 is 1.07 bits per heavy atom. The summed E-state index contributed by atoms with van der Waals surface area (Å²) in [6, 6.07) is 12.7. The summed E-state index contributed by atoms with van der Waals surface area (Å²) in [6.07, 6.45) is 0. The van der Waals surface area contributed by atoms with E-state index in [-0.39, 0.29) is 23.1 Å². The van der Waals surface area contributed by atoms with Gasteiger partial charge in [-0.15, -0.1) is 0 Å². The highest BCUT2D eigenvalue weighted by atomic mass is 19.3. The fourth-order valence-corrected chi connectivity index (χ4v) is 3.20. The number of hydrogen-bond donors (Lipinski definition) is 2. The number of aromatic hydroxyl groups is 1. The van der Waals surface area contributed by atoms with Gasteiger partial charge in [-0.1, -0.05) is 12.1 Å². The van der Waals surface area contributed by atoms with Crippen molar-refractivity contribution in [2.45, 2.75) is 19.6 Å². The van der Waals surface area contributed by atoms with E-state index in [9.17, 15) is 18.7 Å². The molecule has 1 fully saturated rings. The Morgan fingerprint density at radius 3 is 2.36 bits per heavy atom. The molecule has 0 aliphatic carbocycles. The first-order valence-corrected chi connectivity index (χ1v) is 9.07. The quantitative estimate of drug-likeness (QED) is 0.792. The predicted octanol–water partition coefficient (Wildman–Crippen LogP) is 3.14. The van der Waals surface area contributed by atoms with Gasteiger partial charge in [0, 0.05) is 31.9 Å². The molecule has 1 saturated heterocycles. The van der Waals surface area contributed by atoms with Gasteiger partial charge in [0.05, 0.1) is 11.7 Å². The van der Waals surface area contributed by atoms with Crippen LogP contribution >= 0.6 is 0 Å². The zero-order valence-electron chi connectivity index (χ0n) is 15.5. The Morgan fingerprint density at radius 2 is 1.71 bits per heavy atom. The van der Waals surface area contributed by atoms with E-state index in [1.54, 1.807) is 31.2 Å². The molecule has 0 bridgehead atoms. The molecule has 0 radical (unpaired) electrons. The van der Waals surface area contributed by atoms with E-state index in [1.807, 2.05) is 17.0 Å². The van der Waals surface area contributed by atoms with Crippen LogP contribution in [-0.4, -0.2) is 54.7 Å². The molecule has 150 valence electrons. The van der Waals surface area contributed by atoms with Crippen molar-refractivity contribution in [2.24, 2.45) is 0 Å². The molecule has 8 heteroatoms. The third-order valence-corrected chi connectivity index (χ3v) is 4.82. The normalized spacial score (nSPS) is 16.1. The summed E-state index contributed by atoms with van der Waals surface area (Å²) >= 11 is 0. The number of benzene rings is 2. The van der Waals surface area contributed by atoms with Gasteiger partial charge >= 0.3 is 6.61 Å². The van der Waals surface area contributed by atoms with E-state index in [2.05, 4.69) is 15.0 Å². The third kappa shape index (κ3) is 4.89. The number of nitrogens with zero attached hydrogens (tertiary/aromatic N) is 2. The fraction of sp³-hybridized carbons (Fsp3) is 0.350. The highest BCUT2D eigenvalue weighted by Gasteiger charge is 2.26. The molecule has 28 heavy (non-hydrogen) atoms. The molecular weight excluding hydrogens is 368 g/mol. The maximum atomic E-state index is 12.6. The number of carbonyl (C=O) groups is 1. The van der Waals surface area contributed by atoms with Crippen LogP contribution in [0.25, 0.3) is 0 Å². The number of piperazine rings is 1. The second-order valence-corrected chi connectivity index (χ2v) is 6.58. The lowest BCUT2D eigenvalue weighted by molar-refractivity contribution is -0.120. The van der Waals surface area contributed by atoms with Crippen LogP contribution in [0.3, 0.4) is 0 Å². The number of hydrogen-bond acceptors (Lipinski definition) is 5. The van der Waals surface area contributed by atoms with Crippen LogP contribution in [-0.2, 0) is 4.79 Å². The number of phenols is 1. The van der Waals surface area contributed by atoms with Crippen molar-refractivity contribution in [3.05, 3.63) is 48.5 Å². The second kappa shape index (κ2) is 8.88. The van der Waals surface area contributed by atoms with Gasteiger partial charge in [-0.3, -0.25) is 9.69 Å². The molecule has 3 rings (SSSR count). The number of rotatable bonds is 6. The van der Waals surface area contributed by atoms with Gasteiger partial charge in [0.1, 0.15) is 11.5 Å². The Labute approximate surface area is 162 Å². The molecule has 1 atom stereocenters. The maximum Gasteiger partial charge on any atom is 0.387 e. The zero-order valence-corrected chi connectivity index (χ0v) is 15.5. The number of halogens is 2. The average Bonchev–Trinajstić information content (AvgIpc) is 2.69. The minimum atomic E-state index is -2.96. The van der Waals surface area contributed by atoms with Crippen LogP contribution in [0.15, 0.2) is 48.5 Å². The van der Waals surface area contributed by atoms with Crippen molar-refractivity contribution in [1.29, 1.82) is 0 Å². The van der Waals surface area contributed by atoms with E-state index in [1.165, 1.54) is 12.1 Å². The zero-order chi connectivity index (χ0) is 20.1. The van der Waals surface area contributed by atoms with E-state index in [0.29, 0.717) is 13.1 Å². The second-order valence-electron chi connectivity index (χ2n) is 6.58. The van der Waals surface area contributed by atoms with E-state index < -0.39 is 12.7 Å². The van der Waals surface area contributed by atoms with Crippen LogP contribution in [0.5, 0.6) is 11.5 Å². The summed E-state index contributed by atoms with van der Waals surface area (Å²) in [7, 11) is 0. The van der Waals surface area contributed by atoms with Gasteiger partial charge in [-0.2, -0.15) is 8.78 Å². The first-order chi connectivity index (χ1) is 13.4. The van der Waals surface area contributed by atoms with Crippen molar-refractivity contribution in [1.82, 2.24) is 4.90 Å². The molecule has 2 aromatic carbocycles. The summed E-state index contributed by atoms with van der Waals surface area (Å²) in [6.45, 7) is 1.70. The van der Waals surface area contributed by atoms with Crippen LogP contribution in [0, 0.1) is 0 Å². The molecular formula is C20H23F2N3O3. The van der Waals surface area contributed by atoms with Crippen molar-refractivity contribution < 1.29 is 23.4 Å². The van der Waals surface area contributed by atoms with Gasteiger partial charge < -0.3 is 20.1 Å². The number of para-hydroxylation sites is 2. The van der Waals surface area contributed by atoms with E-state index >= 15 is 0 Å². The number of nitrogens with one attached hydrogen (secondary N) is 1. The Hall–Kier alpha value is -2.87. The number of carbonyl (C=O) groups excluding carboxylic acids is 1. The third-order valence-electron chi connectivity index (χ3n) is 4.82. The summed E-state index contributed by atoms with van der Waals surface area (Å²) in [4.78, 5) is 16.8. The monoisotopic (exact) mass is 391 g/mol. The topological polar surface area (TPSA) is 65.0 Å². The molecule has 1 aliphatic rings. The van der Waals surface area contributed by atoms with Crippen LogP contribution < -0.4 is 15.0 Å². The molecule has 2 N–H and O–H groups in total. The van der Waals surface area contributed by atoms with Gasteiger partial charge in [0.25, 0.3) is 0 Å². The Bertz CT molecular complexity index is 794. The fourth-order valence-electron chi connectivity index (χ4n) is 3.20. The number of ether oxygens (including phenoxy) is 1. The predicted molar refractivity (Wildman–Crippen MR) is 103 cm³/mol. The number of amides is 1. The molecule has 0 saturated carbocycles. The molecule has 0 spiro atoms. The van der Waals surface area contributed by atoms with Crippen molar-refractivity contribution in [2.75, 3.05) is 36.4 Å². The van der Waals surface area contributed by atoms with Crippen molar-refractivity contribution >= 4 is 17.3 Å². The van der Waals surface area contributed by atoms with Crippen molar-refractivity contribution in [3.8, 4) is 11.5 Å². The van der Waals surface area contributed by atoms with E-state index in [0.717, 1.165) is 18.8 Å². The minimum Gasteiger partial charge on any atom is -0.508 e. The Kier molecular flexibility index (Phi) is 6.30. The smallest absolute Gasteiger partial charge is 0.387 e. The van der Waals surface area contributed by atoms with Gasteiger partial charge in [-0.25, -0.2) is 0 Å². The molecule has 0 aromatic heterocycles. The summed E-state index contributed by atoms with van der Waals surface area (Å²) in [5.41, 5.74) is 1.25. The molecule has 0 unspecified atom stereocenters. The van der Waals surface area contributed by atoms with Crippen LogP contribution in [0.2, 0.25) is 0 Å². The lowest BCUT2D eigenvalue weighted by atomic mass is 10.2. The molecule has 6 nitrogen and oxygen atoms in total. The number of phenolic OH excluding ortho intramolecular Hbond substituents is 1. The largest absolute Gasteiger partial charge is 0.508 e. The SMILES string of the molecule is C[C@@H](C(=O)Nc1ccccc1OC(F)F)N1CCN(c2ccc(O)cc2)CC1. The molecule has 2 aromatic rings. The average molecular weight is 391 g/mol. The Balaban J connectivity index is 1.57. The highest BCUT2D eigenvalue weighted by molar-refractivity contribution is 5.95. The summed E-state index contributed by atoms with van der Waals surface area (Å²) in [5.74, 6) is -0.109. The lowest BCUT2D eigenvalue weighted by Gasteiger charge is -2.38. The first-order valence-electron chi connectivity index (χ1n) is 9.07. The number of anilines is 2. The number of alkyl halides is 2. The van der Waals surface area contributed by atoms with Crippen LogP contribution in [0.1, 0.15) is 6.92 Å². The summed E-state index contributed by atoms with van der Waals surface area (Å²) < 4.78 is 29.5. The highest BCUT2D eigenvalue weighted by Crippen LogP contribution is 2.26. The van der Waals surface area contributed by atoms with Crippen molar-refractivity contribution in [3.63, 3.8) is 0 Å². The van der Waals surface area contributed by atoms with Gasteiger partial charge in [-0.05, 0) is 43.3 Å². The van der Waals surface area contributed by atoms with Gasteiger partial charge in [0.2, 0.25) is 5.91 Å². The lowest BCUT2D eigenvalue weighted by Crippen LogP contribution is -2.52. The van der Waals surface area contributed by atoms with Crippen LogP contribution in [0.4, 0.5) is 20.2 Å². The van der Waals surface area contributed by atoms with Gasteiger partial charge in [0.15, 0.2) is 0 Å². The minimum absolute atomic E-state index is 0.0600. The first kappa shape index (κ1) is 19.9. The molecule has 1 amide bonds. The van der Waals surface area contributed by atoms with E-state index in [4.69, 9.17) is 0 Å². The maximum absolute atomic E-state index is 12.6. The molecule has 1 heterocycles.